The zero-order chi connectivity index (χ0) is 17.4. The Kier molecular flexibility index (Phi) is 9.73. The van der Waals surface area contributed by atoms with Crippen LogP contribution in [-0.2, 0) is 13.0 Å². The Labute approximate surface area is 171 Å². The molecule has 25 heavy (non-hydrogen) atoms. The lowest BCUT2D eigenvalue weighted by Gasteiger charge is -2.13. The molecule has 0 spiro atoms. The van der Waals surface area contributed by atoms with Gasteiger partial charge in [-0.15, -0.1) is 35.3 Å². The van der Waals surface area contributed by atoms with Crippen molar-refractivity contribution in [3.8, 4) is 0 Å². The second-order valence-electron chi connectivity index (χ2n) is 5.65. The van der Waals surface area contributed by atoms with Crippen LogP contribution in [0.25, 0.3) is 0 Å². The van der Waals surface area contributed by atoms with Crippen LogP contribution in [0.1, 0.15) is 22.4 Å². The number of rotatable bonds is 7. The first-order valence-corrected chi connectivity index (χ1v) is 8.96. The summed E-state index contributed by atoms with van der Waals surface area (Å²) in [6.07, 6.45) is 4.65. The molecule has 2 rings (SSSR count). The molecule has 138 valence electrons. The maximum atomic E-state index is 4.65. The van der Waals surface area contributed by atoms with Gasteiger partial charge in [-0.25, -0.2) is 15.0 Å². The van der Waals surface area contributed by atoms with E-state index in [-0.39, 0.29) is 24.0 Å². The number of halogens is 1. The predicted octanol–water partition coefficient (Wildman–Crippen LogP) is 2.83. The lowest BCUT2D eigenvalue weighted by molar-refractivity contribution is 0.796. The minimum atomic E-state index is 0. The normalized spacial score (nSPS) is 11.0. The van der Waals surface area contributed by atoms with Gasteiger partial charge in [-0.2, -0.15) is 0 Å². The molecule has 0 saturated carbocycles. The first kappa shape index (κ1) is 21.6. The van der Waals surface area contributed by atoms with Gasteiger partial charge in [0.25, 0.3) is 0 Å². The molecule has 0 amide bonds. The van der Waals surface area contributed by atoms with Crippen LogP contribution in [0.2, 0.25) is 0 Å². The molecule has 0 unspecified atom stereocenters. The number of nitrogens with zero attached hydrogens (tertiary/aromatic N) is 4. The summed E-state index contributed by atoms with van der Waals surface area (Å²) in [6.45, 7) is 6.42. The van der Waals surface area contributed by atoms with Crippen LogP contribution in [0, 0.1) is 6.92 Å². The Morgan fingerprint density at radius 1 is 1.28 bits per heavy atom. The Balaban J connectivity index is 0.00000312. The van der Waals surface area contributed by atoms with Crippen molar-refractivity contribution in [2.45, 2.75) is 26.8 Å². The Bertz CT molecular complexity index is 671. The Hall–Kier alpha value is -1.42. The minimum absolute atomic E-state index is 0. The molecule has 0 aromatic carbocycles. The third-order valence-corrected chi connectivity index (χ3v) is 4.31. The van der Waals surface area contributed by atoms with Crippen LogP contribution in [0.15, 0.2) is 29.5 Å². The molecule has 0 saturated heterocycles. The maximum Gasteiger partial charge on any atom is 0.191 e. The van der Waals surface area contributed by atoms with Crippen molar-refractivity contribution in [1.29, 1.82) is 0 Å². The maximum absolute atomic E-state index is 4.65. The van der Waals surface area contributed by atoms with Crippen molar-refractivity contribution >= 4 is 47.1 Å². The van der Waals surface area contributed by atoms with E-state index in [9.17, 15) is 0 Å². The number of nitrogens with one attached hydrogen (secondary N) is 2. The van der Waals surface area contributed by atoms with Gasteiger partial charge in [-0.1, -0.05) is 0 Å². The van der Waals surface area contributed by atoms with E-state index < -0.39 is 0 Å². The minimum Gasteiger partial charge on any atom is -0.363 e. The molecule has 0 bridgehead atoms. The molecule has 6 nitrogen and oxygen atoms in total. The molecule has 2 N–H and O–H groups in total. The van der Waals surface area contributed by atoms with Gasteiger partial charge in [0, 0.05) is 50.9 Å². The Morgan fingerprint density at radius 3 is 2.72 bits per heavy atom. The first-order valence-electron chi connectivity index (χ1n) is 8.14. The highest BCUT2D eigenvalue weighted by atomic mass is 127. The number of thiazole rings is 1. The summed E-state index contributed by atoms with van der Waals surface area (Å²) in [5.74, 6) is 1.77. The average molecular weight is 474 g/mol. The van der Waals surface area contributed by atoms with Crippen molar-refractivity contribution in [3.63, 3.8) is 0 Å². The number of hydrogen-bond acceptors (Lipinski definition) is 5. The fourth-order valence-electron chi connectivity index (χ4n) is 2.12. The summed E-state index contributed by atoms with van der Waals surface area (Å²) in [6, 6.07) is 4.06. The van der Waals surface area contributed by atoms with Crippen LogP contribution in [0.4, 0.5) is 5.82 Å². The SMILES string of the molecule is CCNC(=NCc1ccnc(N(C)C)c1)NCCc1ncc(C)s1.I. The van der Waals surface area contributed by atoms with Gasteiger partial charge >= 0.3 is 0 Å². The van der Waals surface area contributed by atoms with Crippen molar-refractivity contribution in [1.82, 2.24) is 20.6 Å². The molecule has 0 aliphatic carbocycles. The lowest BCUT2D eigenvalue weighted by Crippen LogP contribution is -2.38. The van der Waals surface area contributed by atoms with E-state index in [1.807, 2.05) is 37.5 Å². The number of pyridine rings is 1. The molecular weight excluding hydrogens is 447 g/mol. The number of anilines is 1. The van der Waals surface area contributed by atoms with Gasteiger partial charge in [0.05, 0.1) is 11.6 Å². The van der Waals surface area contributed by atoms with Gasteiger partial charge in [0.15, 0.2) is 5.96 Å². The highest BCUT2D eigenvalue weighted by Gasteiger charge is 2.02. The second kappa shape index (κ2) is 11.2. The lowest BCUT2D eigenvalue weighted by atomic mass is 10.2. The van der Waals surface area contributed by atoms with E-state index in [1.165, 1.54) is 4.88 Å². The van der Waals surface area contributed by atoms with Gasteiger partial charge in [0.2, 0.25) is 0 Å². The average Bonchev–Trinajstić information content (AvgIpc) is 2.98. The van der Waals surface area contributed by atoms with Crippen LogP contribution < -0.4 is 15.5 Å². The third-order valence-electron chi connectivity index (χ3n) is 3.33. The molecular formula is C17H27IN6S. The van der Waals surface area contributed by atoms with Crippen LogP contribution in [0.3, 0.4) is 0 Å². The summed E-state index contributed by atoms with van der Waals surface area (Å²) in [5, 5.41) is 7.80. The summed E-state index contributed by atoms with van der Waals surface area (Å²) >= 11 is 1.74. The number of hydrogen-bond donors (Lipinski definition) is 2. The summed E-state index contributed by atoms with van der Waals surface area (Å²) in [4.78, 5) is 16.6. The first-order chi connectivity index (χ1) is 11.6. The standard InChI is InChI=1S/C17H26N6S.HI/c1-5-18-17(20-9-7-16-21-11-13(2)24-16)22-12-14-6-8-19-15(10-14)23(3)4;/h6,8,10-11H,5,7,9,12H2,1-4H3,(H2,18,20,22);1H. The molecule has 0 fully saturated rings. The summed E-state index contributed by atoms with van der Waals surface area (Å²) in [5.41, 5.74) is 1.14. The van der Waals surface area contributed by atoms with Crippen molar-refractivity contribution < 1.29 is 0 Å². The molecule has 0 aliphatic rings. The molecule has 2 aromatic rings. The van der Waals surface area contributed by atoms with Gasteiger partial charge in [0.1, 0.15) is 5.82 Å². The zero-order valence-corrected chi connectivity index (χ0v) is 18.4. The van der Waals surface area contributed by atoms with Gasteiger partial charge < -0.3 is 15.5 Å². The fourth-order valence-corrected chi connectivity index (χ4v) is 2.91. The van der Waals surface area contributed by atoms with Crippen LogP contribution in [0.5, 0.6) is 0 Å². The van der Waals surface area contributed by atoms with Gasteiger partial charge in [-0.05, 0) is 31.5 Å². The Morgan fingerprint density at radius 2 is 2.08 bits per heavy atom. The fraction of sp³-hybridized carbons (Fsp3) is 0.471. The smallest absolute Gasteiger partial charge is 0.191 e. The number of aromatic nitrogens is 2. The van der Waals surface area contributed by atoms with Crippen molar-refractivity contribution in [2.75, 3.05) is 32.1 Å². The van der Waals surface area contributed by atoms with Gasteiger partial charge in [-0.3, -0.25) is 0 Å². The van der Waals surface area contributed by atoms with Crippen LogP contribution >= 0.6 is 35.3 Å². The number of aliphatic imine (C=N–C) groups is 1. The number of aryl methyl sites for hydroxylation is 1. The molecule has 0 aliphatic heterocycles. The predicted molar refractivity (Wildman–Crippen MR) is 117 cm³/mol. The van der Waals surface area contributed by atoms with Crippen molar-refractivity contribution in [3.05, 3.63) is 40.0 Å². The molecule has 8 heteroatoms. The second-order valence-corrected chi connectivity index (χ2v) is 6.97. The van der Waals surface area contributed by atoms with E-state index in [0.717, 1.165) is 41.9 Å². The molecule has 2 heterocycles. The third kappa shape index (κ3) is 7.55. The van der Waals surface area contributed by atoms with Crippen LogP contribution in [-0.4, -0.2) is 43.1 Å². The topological polar surface area (TPSA) is 65.4 Å². The van der Waals surface area contributed by atoms with Crippen molar-refractivity contribution in [2.24, 2.45) is 4.99 Å². The molecule has 2 aromatic heterocycles. The molecule has 0 radical (unpaired) electrons. The zero-order valence-electron chi connectivity index (χ0n) is 15.2. The van der Waals surface area contributed by atoms with E-state index in [2.05, 4.69) is 45.5 Å². The largest absolute Gasteiger partial charge is 0.363 e. The highest BCUT2D eigenvalue weighted by molar-refractivity contribution is 14.0. The van der Waals surface area contributed by atoms with E-state index in [0.29, 0.717) is 6.54 Å². The number of guanidine groups is 1. The van der Waals surface area contributed by atoms with E-state index in [1.54, 1.807) is 11.3 Å². The quantitative estimate of drug-likeness (QED) is 0.367. The summed E-state index contributed by atoms with van der Waals surface area (Å²) < 4.78 is 0. The van der Waals surface area contributed by atoms with E-state index >= 15 is 0 Å². The summed E-state index contributed by atoms with van der Waals surface area (Å²) in [7, 11) is 3.97. The monoisotopic (exact) mass is 474 g/mol. The van der Waals surface area contributed by atoms with E-state index in [4.69, 9.17) is 0 Å². The molecule has 0 atom stereocenters. The highest BCUT2D eigenvalue weighted by Crippen LogP contribution is 2.11.